The van der Waals surface area contributed by atoms with Gasteiger partial charge in [0.05, 0.1) is 28.6 Å². The lowest BCUT2D eigenvalue weighted by Gasteiger charge is -2.17. The molecule has 0 saturated heterocycles. The number of hydrogen-bond donors (Lipinski definition) is 1. The van der Waals surface area contributed by atoms with Crippen LogP contribution in [0.1, 0.15) is 10.7 Å². The van der Waals surface area contributed by atoms with Crippen LogP contribution in [0.15, 0.2) is 29.6 Å². The number of aryl methyl sites for hydroxylation is 1. The van der Waals surface area contributed by atoms with Crippen LogP contribution in [0, 0.1) is 6.92 Å². The molecule has 1 heterocycles. The van der Waals surface area contributed by atoms with E-state index in [4.69, 9.17) is 0 Å². The van der Waals surface area contributed by atoms with Crippen molar-refractivity contribution < 1.29 is 0 Å². The van der Waals surface area contributed by atoms with Crippen molar-refractivity contribution in [2.45, 2.75) is 13.5 Å². The second kappa shape index (κ2) is 5.19. The molecule has 17 heavy (non-hydrogen) atoms. The van der Waals surface area contributed by atoms with E-state index in [0.717, 1.165) is 22.9 Å². The highest BCUT2D eigenvalue weighted by molar-refractivity contribution is 7.09. The third-order valence-electron chi connectivity index (χ3n) is 2.51. The summed E-state index contributed by atoms with van der Waals surface area (Å²) in [4.78, 5) is 6.55. The Kier molecular flexibility index (Phi) is 3.64. The predicted molar refractivity (Wildman–Crippen MR) is 74.9 cm³/mol. The molecular formula is C13H17N3S. The largest absolute Gasteiger partial charge is 0.378 e. The maximum atomic E-state index is 4.44. The third-order valence-corrected chi connectivity index (χ3v) is 3.33. The minimum Gasteiger partial charge on any atom is -0.378 e. The van der Waals surface area contributed by atoms with Crippen LogP contribution in [-0.4, -0.2) is 19.1 Å². The average Bonchev–Trinajstić information content (AvgIpc) is 2.73. The zero-order valence-corrected chi connectivity index (χ0v) is 11.2. The summed E-state index contributed by atoms with van der Waals surface area (Å²) in [5, 5.41) is 6.64. The number of rotatable bonds is 4. The van der Waals surface area contributed by atoms with E-state index in [-0.39, 0.29) is 0 Å². The van der Waals surface area contributed by atoms with E-state index in [1.807, 2.05) is 33.2 Å². The van der Waals surface area contributed by atoms with Crippen molar-refractivity contribution >= 4 is 22.7 Å². The van der Waals surface area contributed by atoms with Gasteiger partial charge in [-0.05, 0) is 19.1 Å². The zero-order chi connectivity index (χ0) is 12.3. The van der Waals surface area contributed by atoms with Crippen LogP contribution in [0.3, 0.4) is 0 Å². The van der Waals surface area contributed by atoms with Gasteiger partial charge >= 0.3 is 0 Å². The number of nitrogens with one attached hydrogen (secondary N) is 1. The molecule has 0 bridgehead atoms. The Hall–Kier alpha value is -1.55. The summed E-state index contributed by atoms with van der Waals surface area (Å²) >= 11 is 1.69. The van der Waals surface area contributed by atoms with Gasteiger partial charge in [-0.1, -0.05) is 12.1 Å². The number of thiazole rings is 1. The monoisotopic (exact) mass is 247 g/mol. The fraction of sp³-hybridized carbons (Fsp3) is 0.308. The summed E-state index contributed by atoms with van der Waals surface area (Å²) in [6, 6.07) is 8.29. The number of benzene rings is 1. The van der Waals surface area contributed by atoms with E-state index < -0.39 is 0 Å². The Balaban J connectivity index is 2.08. The fourth-order valence-corrected chi connectivity index (χ4v) is 2.30. The van der Waals surface area contributed by atoms with Gasteiger partial charge in [-0.25, -0.2) is 4.98 Å². The summed E-state index contributed by atoms with van der Waals surface area (Å²) in [6.45, 7) is 2.80. The average molecular weight is 247 g/mol. The minimum absolute atomic E-state index is 0.773. The van der Waals surface area contributed by atoms with E-state index in [2.05, 4.69) is 32.7 Å². The summed E-state index contributed by atoms with van der Waals surface area (Å²) in [5.74, 6) is 0. The van der Waals surface area contributed by atoms with Crippen molar-refractivity contribution in [1.29, 1.82) is 0 Å². The molecule has 90 valence electrons. The second-order valence-corrected chi connectivity index (χ2v) is 5.19. The molecule has 0 atom stereocenters. The highest BCUT2D eigenvalue weighted by Gasteiger charge is 2.04. The smallest absolute Gasteiger partial charge is 0.0898 e. The van der Waals surface area contributed by atoms with E-state index >= 15 is 0 Å². The standard InChI is InChI=1S/C13H17N3S/c1-10-15-11(9-17-10)8-14-12-6-4-5-7-13(12)16(2)3/h4-7,9,14H,8H2,1-3H3. The maximum Gasteiger partial charge on any atom is 0.0898 e. The van der Waals surface area contributed by atoms with Crippen LogP contribution >= 0.6 is 11.3 Å². The van der Waals surface area contributed by atoms with Gasteiger partial charge in [0.15, 0.2) is 0 Å². The fourth-order valence-electron chi connectivity index (χ4n) is 1.69. The number of para-hydroxylation sites is 2. The molecule has 0 saturated carbocycles. The highest BCUT2D eigenvalue weighted by atomic mass is 32.1. The van der Waals surface area contributed by atoms with Gasteiger partial charge in [0.1, 0.15) is 0 Å². The molecule has 0 aliphatic carbocycles. The minimum atomic E-state index is 0.773. The van der Waals surface area contributed by atoms with Gasteiger partial charge in [-0.2, -0.15) is 0 Å². The molecule has 0 unspecified atom stereocenters. The topological polar surface area (TPSA) is 28.2 Å². The molecule has 2 rings (SSSR count). The van der Waals surface area contributed by atoms with Gasteiger partial charge in [0.2, 0.25) is 0 Å². The first kappa shape index (κ1) is 11.9. The number of aromatic nitrogens is 1. The van der Waals surface area contributed by atoms with Gasteiger partial charge < -0.3 is 10.2 Å². The molecule has 1 aromatic carbocycles. The van der Waals surface area contributed by atoms with Crippen molar-refractivity contribution in [3.63, 3.8) is 0 Å². The van der Waals surface area contributed by atoms with Crippen molar-refractivity contribution in [3.05, 3.63) is 40.3 Å². The van der Waals surface area contributed by atoms with Crippen molar-refractivity contribution in [2.24, 2.45) is 0 Å². The maximum absolute atomic E-state index is 4.44. The van der Waals surface area contributed by atoms with Crippen LogP contribution in [0.5, 0.6) is 0 Å². The van der Waals surface area contributed by atoms with Gasteiger partial charge in [-0.3, -0.25) is 0 Å². The third kappa shape index (κ3) is 2.97. The summed E-state index contributed by atoms with van der Waals surface area (Å²) in [5.41, 5.74) is 3.43. The molecule has 1 N–H and O–H groups in total. The van der Waals surface area contributed by atoms with Crippen molar-refractivity contribution in [2.75, 3.05) is 24.3 Å². The Morgan fingerprint density at radius 2 is 2.06 bits per heavy atom. The lowest BCUT2D eigenvalue weighted by atomic mass is 10.2. The first-order valence-corrected chi connectivity index (χ1v) is 6.46. The van der Waals surface area contributed by atoms with Gasteiger partial charge in [0, 0.05) is 19.5 Å². The molecule has 0 fully saturated rings. The van der Waals surface area contributed by atoms with Gasteiger partial charge in [0.25, 0.3) is 0 Å². The Morgan fingerprint density at radius 1 is 1.29 bits per heavy atom. The Morgan fingerprint density at radius 3 is 2.71 bits per heavy atom. The van der Waals surface area contributed by atoms with Gasteiger partial charge in [-0.15, -0.1) is 11.3 Å². The van der Waals surface area contributed by atoms with Crippen LogP contribution < -0.4 is 10.2 Å². The Bertz CT molecular complexity index is 491. The van der Waals surface area contributed by atoms with E-state index in [1.165, 1.54) is 5.69 Å². The molecule has 3 nitrogen and oxygen atoms in total. The molecule has 2 aromatic rings. The summed E-state index contributed by atoms with van der Waals surface area (Å²) in [6.07, 6.45) is 0. The number of hydrogen-bond acceptors (Lipinski definition) is 4. The first-order valence-electron chi connectivity index (χ1n) is 5.58. The van der Waals surface area contributed by atoms with E-state index in [1.54, 1.807) is 11.3 Å². The van der Waals surface area contributed by atoms with Crippen LogP contribution in [-0.2, 0) is 6.54 Å². The van der Waals surface area contributed by atoms with Crippen molar-refractivity contribution in [3.8, 4) is 0 Å². The molecule has 0 spiro atoms. The lowest BCUT2D eigenvalue weighted by molar-refractivity contribution is 1.04. The molecule has 4 heteroatoms. The quantitative estimate of drug-likeness (QED) is 0.899. The molecule has 0 radical (unpaired) electrons. The number of anilines is 2. The Labute approximate surface area is 106 Å². The molecule has 0 amide bonds. The van der Waals surface area contributed by atoms with Crippen LogP contribution in [0.4, 0.5) is 11.4 Å². The van der Waals surface area contributed by atoms with E-state index in [9.17, 15) is 0 Å². The molecule has 0 aliphatic rings. The SMILES string of the molecule is Cc1nc(CNc2ccccc2N(C)C)cs1. The van der Waals surface area contributed by atoms with Crippen LogP contribution in [0.25, 0.3) is 0 Å². The zero-order valence-electron chi connectivity index (χ0n) is 10.4. The lowest BCUT2D eigenvalue weighted by Crippen LogP contribution is -2.12. The summed E-state index contributed by atoms with van der Waals surface area (Å²) in [7, 11) is 4.10. The molecule has 1 aromatic heterocycles. The van der Waals surface area contributed by atoms with E-state index in [0.29, 0.717) is 0 Å². The normalized spacial score (nSPS) is 10.3. The van der Waals surface area contributed by atoms with Crippen LogP contribution in [0.2, 0.25) is 0 Å². The molecular weight excluding hydrogens is 230 g/mol. The second-order valence-electron chi connectivity index (χ2n) is 4.12. The number of nitrogens with zero attached hydrogens (tertiary/aromatic N) is 2. The highest BCUT2D eigenvalue weighted by Crippen LogP contribution is 2.24. The summed E-state index contributed by atoms with van der Waals surface area (Å²) < 4.78 is 0. The molecule has 0 aliphatic heterocycles. The first-order chi connectivity index (χ1) is 8.16. The predicted octanol–water partition coefficient (Wildman–Crippen LogP) is 3.13. The van der Waals surface area contributed by atoms with Crippen molar-refractivity contribution in [1.82, 2.24) is 4.98 Å².